The topological polar surface area (TPSA) is 103 Å². The molecule has 1 rings (SSSR count). The zero-order chi connectivity index (χ0) is 23.3. The van der Waals surface area contributed by atoms with E-state index in [-0.39, 0.29) is 31.4 Å². The van der Waals surface area contributed by atoms with Crippen LogP contribution < -0.4 is 10.6 Å². The fraction of sp³-hybridized carbons (Fsp3) is 0.857. The summed E-state index contributed by atoms with van der Waals surface area (Å²) in [7, 11) is -0.336. The van der Waals surface area contributed by atoms with Gasteiger partial charge in [0, 0.05) is 26.3 Å². The monoisotopic (exact) mass is 426 g/mol. The molecule has 1 saturated heterocycles. The van der Waals surface area contributed by atoms with Crippen LogP contribution in [0.1, 0.15) is 75.2 Å². The van der Waals surface area contributed by atoms with Gasteiger partial charge in [-0.15, -0.1) is 0 Å². The van der Waals surface area contributed by atoms with Crippen molar-refractivity contribution in [3.8, 4) is 0 Å². The lowest BCUT2D eigenvalue weighted by Gasteiger charge is -2.32. The Morgan fingerprint density at radius 2 is 1.53 bits per heavy atom. The molecule has 8 nitrogen and oxygen atoms in total. The molecule has 0 aromatic rings. The summed E-state index contributed by atoms with van der Waals surface area (Å²) in [6.45, 7) is 16.4. The minimum absolute atomic E-state index is 0.197. The molecule has 2 amide bonds. The van der Waals surface area contributed by atoms with Gasteiger partial charge in [-0.1, -0.05) is 6.42 Å². The normalized spacial score (nSPS) is 19.7. The predicted molar refractivity (Wildman–Crippen MR) is 116 cm³/mol. The highest BCUT2D eigenvalue weighted by atomic mass is 16.7. The van der Waals surface area contributed by atoms with E-state index in [4.69, 9.17) is 14.0 Å². The van der Waals surface area contributed by atoms with Crippen molar-refractivity contribution in [3.05, 3.63) is 0 Å². The Morgan fingerprint density at radius 3 is 1.97 bits per heavy atom. The molecule has 172 valence electrons. The van der Waals surface area contributed by atoms with E-state index in [1.807, 2.05) is 27.7 Å². The fourth-order valence-electron chi connectivity index (χ4n) is 3.24. The first kappa shape index (κ1) is 26.4. The second kappa shape index (κ2) is 10.1. The highest BCUT2D eigenvalue weighted by Gasteiger charge is 2.50. The maximum atomic E-state index is 12.8. The van der Waals surface area contributed by atoms with E-state index in [9.17, 15) is 14.4 Å². The number of amides is 2. The van der Waals surface area contributed by atoms with Crippen LogP contribution in [-0.4, -0.2) is 54.3 Å². The smallest absolute Gasteiger partial charge is 0.457 e. The van der Waals surface area contributed by atoms with Gasteiger partial charge in [0.2, 0.25) is 11.8 Å². The molecule has 1 aliphatic heterocycles. The first-order chi connectivity index (χ1) is 13.5. The summed E-state index contributed by atoms with van der Waals surface area (Å²) in [6, 6.07) is -0.855. The summed E-state index contributed by atoms with van der Waals surface area (Å²) >= 11 is 0. The Bertz CT molecular complexity index is 613. The van der Waals surface area contributed by atoms with Crippen LogP contribution in [-0.2, 0) is 28.4 Å². The standard InChI is InChI=1S/C21H39BN2O6/c1-14(25)23-13-16(17(24-15(2)26)18(27)28-19(3,4)5)11-10-12-22-29-20(6,7)21(8,9)30-22/h16-17H,10-13H2,1-9H3,(H,23,25)(H,24,26)/t16-,17+/m1/s1. The zero-order valence-corrected chi connectivity index (χ0v) is 20.0. The van der Waals surface area contributed by atoms with Gasteiger partial charge in [-0.3, -0.25) is 9.59 Å². The summed E-state index contributed by atoms with van der Waals surface area (Å²) in [5, 5.41) is 5.46. The number of esters is 1. The number of ether oxygens (including phenoxy) is 1. The molecule has 0 spiro atoms. The molecule has 0 aromatic heterocycles. The summed E-state index contributed by atoms with van der Waals surface area (Å²) < 4.78 is 17.6. The van der Waals surface area contributed by atoms with Crippen molar-refractivity contribution >= 4 is 24.9 Å². The zero-order valence-electron chi connectivity index (χ0n) is 20.0. The third kappa shape index (κ3) is 8.26. The number of carbonyl (C=O) groups excluding carboxylic acids is 3. The lowest BCUT2D eigenvalue weighted by molar-refractivity contribution is -0.160. The predicted octanol–water partition coefficient (Wildman–Crippen LogP) is 2.46. The van der Waals surface area contributed by atoms with Crippen LogP contribution >= 0.6 is 0 Å². The largest absolute Gasteiger partial charge is 0.458 e. The van der Waals surface area contributed by atoms with Crippen molar-refractivity contribution in [1.82, 2.24) is 10.6 Å². The quantitative estimate of drug-likeness (QED) is 0.434. The van der Waals surface area contributed by atoms with Crippen LogP contribution in [0.3, 0.4) is 0 Å². The van der Waals surface area contributed by atoms with Gasteiger partial charge in [0.25, 0.3) is 0 Å². The maximum Gasteiger partial charge on any atom is 0.457 e. The first-order valence-corrected chi connectivity index (χ1v) is 10.6. The Labute approximate surface area is 181 Å². The molecule has 0 aliphatic carbocycles. The maximum absolute atomic E-state index is 12.8. The van der Waals surface area contributed by atoms with Crippen LogP contribution in [0, 0.1) is 5.92 Å². The number of hydrogen-bond acceptors (Lipinski definition) is 6. The van der Waals surface area contributed by atoms with Gasteiger partial charge in [0.1, 0.15) is 11.6 Å². The van der Waals surface area contributed by atoms with Crippen LogP contribution in [0.25, 0.3) is 0 Å². The molecule has 0 aromatic carbocycles. The number of carbonyl (C=O) groups is 3. The summed E-state index contributed by atoms with van der Waals surface area (Å²) in [5.74, 6) is -1.36. The van der Waals surface area contributed by atoms with Gasteiger partial charge in [-0.2, -0.15) is 0 Å². The molecule has 0 radical (unpaired) electrons. The average molecular weight is 426 g/mol. The second-order valence-electron chi connectivity index (χ2n) is 10.0. The third-order valence-corrected chi connectivity index (χ3v) is 5.42. The lowest BCUT2D eigenvalue weighted by Crippen LogP contribution is -2.50. The van der Waals surface area contributed by atoms with E-state index in [1.165, 1.54) is 13.8 Å². The minimum Gasteiger partial charge on any atom is -0.458 e. The van der Waals surface area contributed by atoms with Crippen LogP contribution in [0.5, 0.6) is 0 Å². The van der Waals surface area contributed by atoms with Crippen molar-refractivity contribution in [2.75, 3.05) is 6.54 Å². The molecular formula is C21H39BN2O6. The van der Waals surface area contributed by atoms with E-state index in [0.29, 0.717) is 19.2 Å². The molecule has 2 atom stereocenters. The van der Waals surface area contributed by atoms with Gasteiger partial charge in [0.15, 0.2) is 0 Å². The summed E-state index contributed by atoms with van der Waals surface area (Å²) in [4.78, 5) is 36.0. The second-order valence-corrected chi connectivity index (χ2v) is 10.0. The van der Waals surface area contributed by atoms with Crippen LogP contribution in [0.4, 0.5) is 0 Å². The van der Waals surface area contributed by atoms with Crippen molar-refractivity contribution in [3.63, 3.8) is 0 Å². The van der Waals surface area contributed by atoms with Crippen molar-refractivity contribution in [1.29, 1.82) is 0 Å². The molecule has 30 heavy (non-hydrogen) atoms. The SMILES string of the molecule is CC(=O)NC[C@@H](CCCB1OC(C)(C)C(C)(C)O1)[C@H](NC(C)=O)C(=O)OC(C)(C)C. The van der Waals surface area contributed by atoms with Crippen LogP contribution in [0.15, 0.2) is 0 Å². The molecule has 1 aliphatic rings. The third-order valence-electron chi connectivity index (χ3n) is 5.42. The van der Waals surface area contributed by atoms with Gasteiger partial charge in [0.05, 0.1) is 11.2 Å². The molecule has 1 fully saturated rings. The van der Waals surface area contributed by atoms with Gasteiger partial charge >= 0.3 is 13.1 Å². The van der Waals surface area contributed by atoms with E-state index in [0.717, 1.165) is 0 Å². The Kier molecular flexibility index (Phi) is 8.93. The van der Waals surface area contributed by atoms with Crippen molar-refractivity contribution in [2.24, 2.45) is 5.92 Å². The van der Waals surface area contributed by atoms with Gasteiger partial charge in [-0.25, -0.2) is 4.79 Å². The highest BCUT2D eigenvalue weighted by Crippen LogP contribution is 2.38. The molecule has 0 unspecified atom stereocenters. The molecule has 9 heteroatoms. The molecule has 1 heterocycles. The Hall–Kier alpha value is -1.61. The summed E-state index contributed by atoms with van der Waals surface area (Å²) in [5.41, 5.74) is -1.49. The first-order valence-electron chi connectivity index (χ1n) is 10.6. The summed E-state index contributed by atoms with van der Waals surface area (Å²) in [6.07, 6.45) is 1.92. The number of hydrogen-bond donors (Lipinski definition) is 2. The molecule has 2 N–H and O–H groups in total. The van der Waals surface area contributed by atoms with Gasteiger partial charge in [-0.05, 0) is 61.2 Å². The van der Waals surface area contributed by atoms with Crippen molar-refractivity contribution in [2.45, 2.75) is 104 Å². The Morgan fingerprint density at radius 1 is 1.00 bits per heavy atom. The van der Waals surface area contributed by atoms with E-state index in [1.54, 1.807) is 20.8 Å². The Balaban J connectivity index is 2.85. The number of rotatable bonds is 9. The highest BCUT2D eigenvalue weighted by molar-refractivity contribution is 6.45. The van der Waals surface area contributed by atoms with Gasteiger partial charge < -0.3 is 24.7 Å². The average Bonchev–Trinajstić information content (AvgIpc) is 2.73. The lowest BCUT2D eigenvalue weighted by atomic mass is 9.80. The van der Waals surface area contributed by atoms with E-state index >= 15 is 0 Å². The van der Waals surface area contributed by atoms with E-state index in [2.05, 4.69) is 10.6 Å². The fourth-order valence-corrected chi connectivity index (χ4v) is 3.24. The van der Waals surface area contributed by atoms with Crippen molar-refractivity contribution < 1.29 is 28.4 Å². The molecular weight excluding hydrogens is 387 g/mol. The minimum atomic E-state index is -0.855. The number of nitrogens with one attached hydrogen (secondary N) is 2. The molecule has 0 bridgehead atoms. The van der Waals surface area contributed by atoms with E-state index < -0.39 is 28.8 Å². The molecule has 0 saturated carbocycles. The van der Waals surface area contributed by atoms with Crippen LogP contribution in [0.2, 0.25) is 6.32 Å².